The van der Waals surface area contributed by atoms with Crippen LogP contribution in [-0.2, 0) is 4.74 Å². The Morgan fingerprint density at radius 2 is 2.00 bits per heavy atom. The molecule has 3 nitrogen and oxygen atoms in total. The monoisotopic (exact) mass is 194 g/mol. The van der Waals surface area contributed by atoms with Crippen LogP contribution in [-0.4, -0.2) is 17.5 Å². The van der Waals surface area contributed by atoms with E-state index in [1.807, 2.05) is 6.92 Å². The summed E-state index contributed by atoms with van der Waals surface area (Å²) in [6, 6.07) is 6.74. The highest BCUT2D eigenvalue weighted by Crippen LogP contribution is 2.14. The second-order valence-electron chi connectivity index (χ2n) is 2.99. The van der Waals surface area contributed by atoms with Crippen molar-refractivity contribution in [3.8, 4) is 0 Å². The van der Waals surface area contributed by atoms with E-state index in [1.165, 1.54) is 6.92 Å². The molecular formula is C11H14O3. The zero-order chi connectivity index (χ0) is 10.6. The van der Waals surface area contributed by atoms with Gasteiger partial charge in [0.25, 0.3) is 0 Å². The summed E-state index contributed by atoms with van der Waals surface area (Å²) in [4.78, 5) is 11.0. The fourth-order valence-corrected chi connectivity index (χ4v) is 1.14. The van der Waals surface area contributed by atoms with Crippen LogP contribution < -0.4 is 0 Å². The molecule has 14 heavy (non-hydrogen) atoms. The van der Waals surface area contributed by atoms with E-state index in [9.17, 15) is 9.90 Å². The number of rotatable bonds is 4. The number of carbonyl (C=O) groups is 1. The van der Waals surface area contributed by atoms with E-state index in [4.69, 9.17) is 4.74 Å². The molecule has 0 radical (unpaired) electrons. The molecule has 0 bridgehead atoms. The van der Waals surface area contributed by atoms with E-state index in [0.717, 1.165) is 0 Å². The lowest BCUT2D eigenvalue weighted by Gasteiger charge is -2.10. The molecule has 76 valence electrons. The van der Waals surface area contributed by atoms with E-state index in [0.29, 0.717) is 17.7 Å². The Labute approximate surface area is 83.3 Å². The quantitative estimate of drug-likeness (QED) is 0.588. The van der Waals surface area contributed by atoms with Crippen LogP contribution in [0.4, 0.5) is 0 Å². The van der Waals surface area contributed by atoms with E-state index in [-0.39, 0.29) is 5.78 Å². The molecular weight excluding hydrogens is 180 g/mol. The van der Waals surface area contributed by atoms with Crippen molar-refractivity contribution in [2.75, 3.05) is 6.61 Å². The normalized spacial score (nSPS) is 12.5. The number of ether oxygens (including phenoxy) is 1. The molecule has 0 aliphatic carbocycles. The highest BCUT2D eigenvalue weighted by atomic mass is 16.6. The van der Waals surface area contributed by atoms with Crippen LogP contribution >= 0.6 is 0 Å². The first kappa shape index (κ1) is 10.9. The van der Waals surface area contributed by atoms with Gasteiger partial charge in [-0.25, -0.2) is 0 Å². The third-order valence-corrected chi connectivity index (χ3v) is 1.93. The number of Topliss-reactive ketones (excluding diaryl/α,β-unsaturated/α-hetero) is 1. The number of aliphatic hydroxyl groups is 1. The number of hydrogen-bond donors (Lipinski definition) is 1. The van der Waals surface area contributed by atoms with Crippen molar-refractivity contribution in [2.24, 2.45) is 0 Å². The van der Waals surface area contributed by atoms with Crippen LogP contribution in [0.1, 0.15) is 36.1 Å². The molecule has 0 spiro atoms. The number of ketones is 1. The van der Waals surface area contributed by atoms with Crippen LogP contribution in [0.3, 0.4) is 0 Å². The number of aliphatic hydroxyl groups excluding tert-OH is 1. The van der Waals surface area contributed by atoms with Crippen LogP contribution in [0.25, 0.3) is 0 Å². The van der Waals surface area contributed by atoms with Gasteiger partial charge < -0.3 is 9.84 Å². The summed E-state index contributed by atoms with van der Waals surface area (Å²) in [5.41, 5.74) is 1.30. The molecule has 0 saturated heterocycles. The fourth-order valence-electron chi connectivity index (χ4n) is 1.14. The van der Waals surface area contributed by atoms with Crippen molar-refractivity contribution in [1.29, 1.82) is 0 Å². The lowest BCUT2D eigenvalue weighted by Crippen LogP contribution is -2.03. The Hall–Kier alpha value is -1.19. The van der Waals surface area contributed by atoms with E-state index in [2.05, 4.69) is 0 Å². The lowest BCUT2D eigenvalue weighted by molar-refractivity contribution is -0.0979. The van der Waals surface area contributed by atoms with Gasteiger partial charge >= 0.3 is 0 Å². The van der Waals surface area contributed by atoms with Crippen LogP contribution in [0.5, 0.6) is 0 Å². The molecule has 0 aliphatic rings. The SMILES string of the molecule is CCOC(O)c1ccc(C(C)=O)cc1. The summed E-state index contributed by atoms with van der Waals surface area (Å²) >= 11 is 0. The molecule has 0 saturated carbocycles. The molecule has 1 rings (SSSR count). The molecule has 0 aromatic heterocycles. The highest BCUT2D eigenvalue weighted by Gasteiger charge is 2.06. The van der Waals surface area contributed by atoms with Crippen LogP contribution in [0, 0.1) is 0 Å². The first-order chi connectivity index (χ1) is 6.65. The minimum absolute atomic E-state index is 0.0162. The summed E-state index contributed by atoms with van der Waals surface area (Å²) < 4.78 is 5.00. The summed E-state index contributed by atoms with van der Waals surface area (Å²) in [7, 11) is 0. The van der Waals surface area contributed by atoms with Gasteiger partial charge in [0.05, 0.1) is 0 Å². The molecule has 1 aromatic carbocycles. The third-order valence-electron chi connectivity index (χ3n) is 1.93. The number of benzene rings is 1. The Morgan fingerprint density at radius 1 is 1.43 bits per heavy atom. The van der Waals surface area contributed by atoms with Gasteiger partial charge in [0.15, 0.2) is 12.1 Å². The smallest absolute Gasteiger partial charge is 0.181 e. The summed E-state index contributed by atoms with van der Waals surface area (Å²) in [6.07, 6.45) is -0.902. The van der Waals surface area contributed by atoms with Crippen LogP contribution in [0.15, 0.2) is 24.3 Å². The Bertz CT molecular complexity index is 303. The maximum atomic E-state index is 11.0. The second kappa shape index (κ2) is 4.88. The predicted octanol–water partition coefficient (Wildman–Crippen LogP) is 1.92. The Balaban J connectivity index is 2.77. The molecule has 0 heterocycles. The van der Waals surface area contributed by atoms with Gasteiger partial charge in [0.1, 0.15) is 0 Å². The molecule has 1 aromatic rings. The third kappa shape index (κ3) is 2.65. The minimum atomic E-state index is -0.902. The van der Waals surface area contributed by atoms with E-state index >= 15 is 0 Å². The van der Waals surface area contributed by atoms with Crippen molar-refractivity contribution in [2.45, 2.75) is 20.1 Å². The lowest BCUT2D eigenvalue weighted by atomic mass is 10.1. The first-order valence-electron chi connectivity index (χ1n) is 4.55. The van der Waals surface area contributed by atoms with Gasteiger partial charge in [0.2, 0.25) is 0 Å². The first-order valence-corrected chi connectivity index (χ1v) is 4.55. The average molecular weight is 194 g/mol. The van der Waals surface area contributed by atoms with Crippen molar-refractivity contribution in [1.82, 2.24) is 0 Å². The molecule has 3 heteroatoms. The van der Waals surface area contributed by atoms with Crippen molar-refractivity contribution >= 4 is 5.78 Å². The van der Waals surface area contributed by atoms with Gasteiger partial charge in [-0.05, 0) is 13.8 Å². The van der Waals surface area contributed by atoms with Gasteiger partial charge in [-0.2, -0.15) is 0 Å². The van der Waals surface area contributed by atoms with Crippen molar-refractivity contribution in [3.63, 3.8) is 0 Å². The number of carbonyl (C=O) groups excluding carboxylic acids is 1. The van der Waals surface area contributed by atoms with Gasteiger partial charge in [0, 0.05) is 17.7 Å². The number of hydrogen-bond acceptors (Lipinski definition) is 3. The highest BCUT2D eigenvalue weighted by molar-refractivity contribution is 5.93. The fraction of sp³-hybridized carbons (Fsp3) is 0.364. The van der Waals surface area contributed by atoms with Gasteiger partial charge in [-0.3, -0.25) is 4.79 Å². The molecule has 1 unspecified atom stereocenters. The van der Waals surface area contributed by atoms with Gasteiger partial charge in [-0.15, -0.1) is 0 Å². The maximum absolute atomic E-state index is 11.0. The molecule has 1 N–H and O–H groups in total. The molecule has 0 amide bonds. The average Bonchev–Trinajstić information content (AvgIpc) is 2.18. The molecule has 1 atom stereocenters. The van der Waals surface area contributed by atoms with Crippen LogP contribution in [0.2, 0.25) is 0 Å². The van der Waals surface area contributed by atoms with Crippen molar-refractivity contribution < 1.29 is 14.6 Å². The Morgan fingerprint density at radius 3 is 2.43 bits per heavy atom. The van der Waals surface area contributed by atoms with E-state index < -0.39 is 6.29 Å². The summed E-state index contributed by atoms with van der Waals surface area (Å²) in [5, 5.41) is 9.44. The van der Waals surface area contributed by atoms with E-state index in [1.54, 1.807) is 24.3 Å². The molecule has 0 fully saturated rings. The predicted molar refractivity (Wildman–Crippen MR) is 53.0 cm³/mol. The zero-order valence-electron chi connectivity index (χ0n) is 8.36. The van der Waals surface area contributed by atoms with Crippen molar-refractivity contribution in [3.05, 3.63) is 35.4 Å². The second-order valence-corrected chi connectivity index (χ2v) is 2.99. The van der Waals surface area contributed by atoms with Gasteiger partial charge in [-0.1, -0.05) is 24.3 Å². The summed E-state index contributed by atoms with van der Waals surface area (Å²) in [6.45, 7) is 3.77. The largest absolute Gasteiger partial charge is 0.364 e. The Kier molecular flexibility index (Phi) is 3.80. The molecule has 0 aliphatic heterocycles. The standard InChI is InChI=1S/C11H14O3/c1-3-14-11(13)10-6-4-9(5-7-10)8(2)12/h4-7,11,13H,3H2,1-2H3. The summed E-state index contributed by atoms with van der Waals surface area (Å²) in [5.74, 6) is 0.0162. The minimum Gasteiger partial charge on any atom is -0.364 e. The zero-order valence-corrected chi connectivity index (χ0v) is 8.36. The topological polar surface area (TPSA) is 46.5 Å². The maximum Gasteiger partial charge on any atom is 0.181 e.